The average molecular weight is 136 g/mol. The van der Waals surface area contributed by atoms with Crippen molar-refractivity contribution in [2.75, 3.05) is 12.4 Å². The molecule has 0 N–H and O–H groups in total. The van der Waals surface area contributed by atoms with Crippen LogP contribution in [-0.2, 0) is 4.79 Å². The predicted molar refractivity (Wildman–Crippen MR) is 33.7 cm³/mol. The van der Waals surface area contributed by atoms with Crippen molar-refractivity contribution in [3.8, 4) is 0 Å². The summed E-state index contributed by atoms with van der Waals surface area (Å²) in [7, 11) is 0. The van der Waals surface area contributed by atoms with Crippen LogP contribution >= 0.6 is 11.8 Å². The molecule has 0 heterocycles. The van der Waals surface area contributed by atoms with Crippen molar-refractivity contribution in [2.45, 2.75) is 13.3 Å². The van der Waals surface area contributed by atoms with Gasteiger partial charge in [0.15, 0.2) is 5.12 Å². The van der Waals surface area contributed by atoms with Crippen molar-refractivity contribution in [1.29, 1.82) is 0 Å². The molecule has 0 aliphatic rings. The van der Waals surface area contributed by atoms with E-state index in [1.54, 1.807) is 0 Å². The van der Waals surface area contributed by atoms with E-state index in [4.69, 9.17) is 0 Å². The van der Waals surface area contributed by atoms with Gasteiger partial charge in [0.2, 0.25) is 0 Å². The lowest BCUT2D eigenvalue weighted by atomic mass is 10.6. The van der Waals surface area contributed by atoms with Gasteiger partial charge in [-0.15, -0.1) is 0 Å². The zero-order chi connectivity index (χ0) is 6.41. The third-order valence-corrected chi connectivity index (χ3v) is 1.48. The first-order valence-corrected chi connectivity index (χ1v) is 3.45. The van der Waals surface area contributed by atoms with Crippen LogP contribution in [0.4, 0.5) is 4.39 Å². The minimum absolute atomic E-state index is 0.0680. The fourth-order valence-corrected chi connectivity index (χ4v) is 0.811. The second-order valence-corrected chi connectivity index (χ2v) is 2.65. The minimum Gasteiger partial charge on any atom is -0.288 e. The number of carbonyl (C=O) groups is 1. The minimum atomic E-state index is -0.319. The molecule has 0 atom stereocenters. The highest BCUT2D eigenvalue weighted by Gasteiger charge is 1.91. The number of thioether (sulfide) groups is 1. The van der Waals surface area contributed by atoms with Gasteiger partial charge in [0.25, 0.3) is 0 Å². The van der Waals surface area contributed by atoms with Gasteiger partial charge in [0.1, 0.15) is 0 Å². The largest absolute Gasteiger partial charge is 0.288 e. The van der Waals surface area contributed by atoms with Gasteiger partial charge in [-0.25, -0.2) is 0 Å². The second kappa shape index (κ2) is 5.09. The molecule has 3 heteroatoms. The number of carbonyl (C=O) groups excluding carboxylic acids is 1. The van der Waals surface area contributed by atoms with Crippen LogP contribution in [0, 0.1) is 0 Å². The summed E-state index contributed by atoms with van der Waals surface area (Å²) in [4.78, 5) is 10.2. The third kappa shape index (κ3) is 5.95. The van der Waals surface area contributed by atoms with E-state index in [2.05, 4.69) is 0 Å². The number of alkyl halides is 1. The SMILES string of the molecule is CC(=O)SCCCF. The summed E-state index contributed by atoms with van der Waals surface area (Å²) in [5.41, 5.74) is 0. The maximum absolute atomic E-state index is 11.3. The molecule has 0 aliphatic carbocycles. The van der Waals surface area contributed by atoms with Gasteiger partial charge in [-0.1, -0.05) is 11.8 Å². The zero-order valence-corrected chi connectivity index (χ0v) is 5.63. The normalized spacial score (nSPS) is 9.25. The lowest BCUT2D eigenvalue weighted by Gasteiger charge is -1.89. The molecule has 0 aliphatic heterocycles. The Kier molecular flexibility index (Phi) is 5.06. The molecule has 48 valence electrons. The van der Waals surface area contributed by atoms with Crippen LogP contribution < -0.4 is 0 Å². The first kappa shape index (κ1) is 7.95. The molecule has 0 rings (SSSR count). The first-order chi connectivity index (χ1) is 3.77. The fourth-order valence-electron chi connectivity index (χ4n) is 0.270. The zero-order valence-electron chi connectivity index (χ0n) is 4.82. The Bertz CT molecular complexity index is 74.8. The molecule has 0 fully saturated rings. The number of halogens is 1. The molecule has 0 bridgehead atoms. The van der Waals surface area contributed by atoms with Crippen molar-refractivity contribution >= 4 is 16.9 Å². The Morgan fingerprint density at radius 2 is 2.38 bits per heavy atom. The topological polar surface area (TPSA) is 17.1 Å². The van der Waals surface area contributed by atoms with Crippen LogP contribution in [0.5, 0.6) is 0 Å². The predicted octanol–water partition coefficient (Wildman–Crippen LogP) is 1.63. The van der Waals surface area contributed by atoms with E-state index in [0.717, 1.165) is 0 Å². The summed E-state index contributed by atoms with van der Waals surface area (Å²) in [6.07, 6.45) is 0.490. The Hall–Kier alpha value is -0.0500. The number of hydrogen-bond donors (Lipinski definition) is 0. The molecular weight excluding hydrogens is 127 g/mol. The van der Waals surface area contributed by atoms with Crippen LogP contribution in [0.3, 0.4) is 0 Å². The van der Waals surface area contributed by atoms with Crippen LogP contribution in [0.2, 0.25) is 0 Å². The van der Waals surface area contributed by atoms with Crippen molar-refractivity contribution in [1.82, 2.24) is 0 Å². The quantitative estimate of drug-likeness (QED) is 0.548. The van der Waals surface area contributed by atoms with Gasteiger partial charge in [-0.2, -0.15) is 0 Å². The standard InChI is InChI=1S/C5H9FOS/c1-5(7)8-4-2-3-6/h2-4H2,1H3. The summed E-state index contributed by atoms with van der Waals surface area (Å²) in [5, 5.41) is 0.0680. The average Bonchev–Trinajstić information content (AvgIpc) is 1.66. The second-order valence-electron chi connectivity index (χ2n) is 1.38. The van der Waals surface area contributed by atoms with Crippen molar-refractivity contribution in [3.63, 3.8) is 0 Å². The lowest BCUT2D eigenvalue weighted by molar-refractivity contribution is -0.109. The van der Waals surface area contributed by atoms with E-state index in [9.17, 15) is 9.18 Å². The maximum atomic E-state index is 11.3. The van der Waals surface area contributed by atoms with E-state index < -0.39 is 0 Å². The summed E-state index contributed by atoms with van der Waals surface area (Å²) >= 11 is 1.18. The number of rotatable bonds is 3. The van der Waals surface area contributed by atoms with Crippen LogP contribution in [0.15, 0.2) is 0 Å². The van der Waals surface area contributed by atoms with E-state index in [-0.39, 0.29) is 11.8 Å². The van der Waals surface area contributed by atoms with Gasteiger partial charge >= 0.3 is 0 Å². The van der Waals surface area contributed by atoms with Gasteiger partial charge < -0.3 is 0 Å². The fraction of sp³-hybridized carbons (Fsp3) is 0.800. The van der Waals surface area contributed by atoms with E-state index in [0.29, 0.717) is 12.2 Å². The van der Waals surface area contributed by atoms with Crippen LogP contribution in [0.25, 0.3) is 0 Å². The molecule has 0 spiro atoms. The summed E-state index contributed by atoms with van der Waals surface area (Å²) in [6, 6.07) is 0. The van der Waals surface area contributed by atoms with Gasteiger partial charge in [-0.05, 0) is 6.42 Å². The summed E-state index contributed by atoms with van der Waals surface area (Å²) in [5.74, 6) is 0.617. The van der Waals surface area contributed by atoms with Gasteiger partial charge in [-0.3, -0.25) is 9.18 Å². The molecule has 0 amide bonds. The van der Waals surface area contributed by atoms with Crippen molar-refractivity contribution < 1.29 is 9.18 Å². The highest BCUT2D eigenvalue weighted by molar-refractivity contribution is 8.13. The monoisotopic (exact) mass is 136 g/mol. The highest BCUT2D eigenvalue weighted by Crippen LogP contribution is 2.02. The van der Waals surface area contributed by atoms with Crippen LogP contribution in [-0.4, -0.2) is 17.5 Å². The van der Waals surface area contributed by atoms with Gasteiger partial charge in [0, 0.05) is 12.7 Å². The van der Waals surface area contributed by atoms with E-state index in [1.165, 1.54) is 18.7 Å². The van der Waals surface area contributed by atoms with Crippen LogP contribution in [0.1, 0.15) is 13.3 Å². The lowest BCUT2D eigenvalue weighted by Crippen LogP contribution is -1.86. The van der Waals surface area contributed by atoms with Gasteiger partial charge in [0.05, 0.1) is 6.67 Å². The number of hydrogen-bond acceptors (Lipinski definition) is 2. The third-order valence-electron chi connectivity index (χ3n) is 0.583. The Morgan fingerprint density at radius 1 is 1.75 bits per heavy atom. The van der Waals surface area contributed by atoms with E-state index >= 15 is 0 Å². The highest BCUT2D eigenvalue weighted by atomic mass is 32.2. The summed E-state index contributed by atoms with van der Waals surface area (Å²) < 4.78 is 11.3. The van der Waals surface area contributed by atoms with E-state index in [1.807, 2.05) is 0 Å². The molecule has 8 heavy (non-hydrogen) atoms. The molecule has 0 saturated heterocycles. The molecule has 0 aromatic rings. The van der Waals surface area contributed by atoms with Crippen molar-refractivity contribution in [3.05, 3.63) is 0 Å². The molecular formula is C5H9FOS. The smallest absolute Gasteiger partial charge is 0.185 e. The van der Waals surface area contributed by atoms with Crippen molar-refractivity contribution in [2.24, 2.45) is 0 Å². The molecule has 1 nitrogen and oxygen atoms in total. The molecule has 0 aromatic heterocycles. The Morgan fingerprint density at radius 3 is 2.75 bits per heavy atom. The summed E-state index contributed by atoms with van der Waals surface area (Å²) in [6.45, 7) is 1.17. The first-order valence-electron chi connectivity index (χ1n) is 2.46. The maximum Gasteiger partial charge on any atom is 0.185 e. The Labute approximate surface area is 52.6 Å². The molecule has 0 saturated carbocycles. The molecule has 0 radical (unpaired) electrons. The Balaban J connectivity index is 2.82. The molecule has 0 aromatic carbocycles. The molecule has 0 unspecified atom stereocenters.